The Morgan fingerprint density at radius 3 is 2.76 bits per heavy atom. The molecule has 4 bridgehead atoms. The van der Waals surface area contributed by atoms with Crippen LogP contribution in [0, 0.1) is 6.92 Å². The first-order valence-corrected chi connectivity index (χ1v) is 13.8. The maximum atomic E-state index is 13.3. The molecule has 3 aromatic rings. The first-order valence-electron chi connectivity index (χ1n) is 13.8. The lowest BCUT2D eigenvalue weighted by Crippen LogP contribution is -2.57. The van der Waals surface area contributed by atoms with Gasteiger partial charge in [-0.1, -0.05) is 12.1 Å². The summed E-state index contributed by atoms with van der Waals surface area (Å²) in [4.78, 5) is 49.1. The van der Waals surface area contributed by atoms with Crippen molar-refractivity contribution in [2.75, 3.05) is 33.3 Å². The van der Waals surface area contributed by atoms with Crippen molar-refractivity contribution in [2.45, 2.75) is 45.6 Å². The van der Waals surface area contributed by atoms with Gasteiger partial charge in [-0.15, -0.1) is 0 Å². The number of likely N-dealkylation sites (N-methyl/N-ethyl adjacent to an activating group) is 1. The standard InChI is InChI=1S/C30H35N5O6/c1-4-39-24-11-21-12-25(14-24)41-23-7-5-6-20(10-23)18-40-27-8-9-35(15-22-13-28(36)32-19(2)31-22)16-26(27)33-29(37)17-34(3)30(21)38/h5-7,10-14,26-27H,4,8-9,15-18H2,1-3H3,(H,33,37)(H,31,32,36)/t26-,27+/m0/s1. The van der Waals surface area contributed by atoms with Gasteiger partial charge in [0, 0.05) is 44.4 Å². The minimum Gasteiger partial charge on any atom is -0.494 e. The molecule has 2 amide bonds. The number of piperidine rings is 1. The fourth-order valence-corrected chi connectivity index (χ4v) is 5.23. The zero-order valence-electron chi connectivity index (χ0n) is 23.5. The number of carbonyl (C=O) groups excluding carboxylic acids is 2. The summed E-state index contributed by atoms with van der Waals surface area (Å²) in [7, 11) is 1.59. The van der Waals surface area contributed by atoms with Crippen molar-refractivity contribution in [3.05, 3.63) is 81.5 Å². The van der Waals surface area contributed by atoms with E-state index < -0.39 is 0 Å². The number of benzene rings is 2. The number of likely N-dealkylation sites (tertiary alicyclic amines) is 1. The Bertz CT molecular complexity index is 1470. The molecular weight excluding hydrogens is 526 g/mol. The number of aryl methyl sites for hydroxylation is 1. The SMILES string of the molecule is CCOc1cc2cc(c1)C(=O)N(C)CC(=O)N[C@H]1CN(Cc3cc(=O)[nH]c(C)n3)CC[C@H]1OCc1cccc(c1)O2. The molecule has 0 aliphatic carbocycles. The van der Waals surface area contributed by atoms with Crippen LogP contribution in [0.3, 0.4) is 0 Å². The zero-order chi connectivity index (χ0) is 28.9. The largest absolute Gasteiger partial charge is 0.494 e. The van der Waals surface area contributed by atoms with E-state index in [1.807, 2.05) is 31.2 Å². The number of aromatic nitrogens is 2. The summed E-state index contributed by atoms with van der Waals surface area (Å²) in [6.07, 6.45) is 0.423. The van der Waals surface area contributed by atoms with Crippen molar-refractivity contribution in [1.82, 2.24) is 25.1 Å². The molecule has 0 radical (unpaired) electrons. The van der Waals surface area contributed by atoms with Crippen molar-refractivity contribution < 1.29 is 23.8 Å². The van der Waals surface area contributed by atoms with Gasteiger partial charge in [0.05, 0.1) is 37.6 Å². The quantitative estimate of drug-likeness (QED) is 0.498. The second-order valence-corrected chi connectivity index (χ2v) is 10.4. The van der Waals surface area contributed by atoms with Gasteiger partial charge < -0.3 is 29.4 Å². The van der Waals surface area contributed by atoms with Crippen molar-refractivity contribution in [2.24, 2.45) is 0 Å². The van der Waals surface area contributed by atoms with Gasteiger partial charge in [0.25, 0.3) is 11.5 Å². The van der Waals surface area contributed by atoms with Crippen LogP contribution in [-0.2, 0) is 22.7 Å². The van der Waals surface area contributed by atoms with E-state index in [9.17, 15) is 14.4 Å². The highest BCUT2D eigenvalue weighted by atomic mass is 16.5. The molecule has 2 N–H and O–H groups in total. The van der Waals surface area contributed by atoms with Crippen LogP contribution in [-0.4, -0.2) is 77.0 Å². The molecule has 216 valence electrons. The lowest BCUT2D eigenvalue weighted by molar-refractivity contribution is -0.125. The normalized spacial score (nSPS) is 20.1. The Hall–Kier alpha value is -4.22. The minimum atomic E-state index is -0.332. The van der Waals surface area contributed by atoms with Gasteiger partial charge in [0.15, 0.2) is 0 Å². The molecule has 2 atom stereocenters. The number of fused-ring (bicyclic) bond motifs is 5. The summed E-state index contributed by atoms with van der Waals surface area (Å²) >= 11 is 0. The van der Waals surface area contributed by atoms with Crippen molar-refractivity contribution in [3.8, 4) is 17.2 Å². The summed E-state index contributed by atoms with van der Waals surface area (Å²) in [5, 5.41) is 3.10. The molecular formula is C30H35N5O6. The molecule has 3 heterocycles. The average molecular weight is 562 g/mol. The third kappa shape index (κ3) is 7.30. The molecule has 1 saturated heterocycles. The first-order chi connectivity index (χ1) is 19.7. The minimum absolute atomic E-state index is 0.134. The number of rotatable bonds is 4. The lowest BCUT2D eigenvalue weighted by Gasteiger charge is -2.39. The number of amides is 2. The number of H-pyrrole nitrogens is 1. The molecule has 5 rings (SSSR count). The molecule has 1 aromatic heterocycles. The second kappa shape index (κ2) is 12.5. The van der Waals surface area contributed by atoms with Crippen LogP contribution in [0.25, 0.3) is 0 Å². The van der Waals surface area contributed by atoms with E-state index in [0.29, 0.717) is 73.6 Å². The summed E-state index contributed by atoms with van der Waals surface area (Å²) in [6, 6.07) is 13.8. The number of hydrogen-bond acceptors (Lipinski definition) is 8. The van der Waals surface area contributed by atoms with Gasteiger partial charge in [0.1, 0.15) is 23.1 Å². The van der Waals surface area contributed by atoms with Crippen LogP contribution in [0.4, 0.5) is 0 Å². The molecule has 41 heavy (non-hydrogen) atoms. The predicted octanol–water partition coefficient (Wildman–Crippen LogP) is 2.63. The molecule has 11 nitrogen and oxygen atoms in total. The van der Waals surface area contributed by atoms with E-state index in [1.165, 1.54) is 11.0 Å². The van der Waals surface area contributed by atoms with Crippen molar-refractivity contribution in [3.63, 3.8) is 0 Å². The van der Waals surface area contributed by atoms with E-state index in [1.54, 1.807) is 32.2 Å². The van der Waals surface area contributed by atoms with Crippen LogP contribution in [0.2, 0.25) is 0 Å². The number of carbonyl (C=O) groups is 2. The first kappa shape index (κ1) is 28.3. The van der Waals surface area contributed by atoms with Gasteiger partial charge in [0.2, 0.25) is 5.91 Å². The van der Waals surface area contributed by atoms with Gasteiger partial charge in [-0.05, 0) is 50.1 Å². The number of nitrogens with zero attached hydrogens (tertiary/aromatic N) is 3. The van der Waals surface area contributed by atoms with Crippen molar-refractivity contribution in [1.29, 1.82) is 0 Å². The molecule has 1 fully saturated rings. The average Bonchev–Trinajstić information content (AvgIpc) is 2.91. The summed E-state index contributed by atoms with van der Waals surface area (Å²) < 4.78 is 18.1. The highest BCUT2D eigenvalue weighted by Gasteiger charge is 2.32. The molecule has 2 aliphatic heterocycles. The molecule has 0 unspecified atom stereocenters. The molecule has 0 spiro atoms. The molecule has 2 aliphatic rings. The maximum absolute atomic E-state index is 13.3. The van der Waals surface area contributed by atoms with E-state index >= 15 is 0 Å². The third-order valence-electron chi connectivity index (χ3n) is 7.04. The highest BCUT2D eigenvalue weighted by Crippen LogP contribution is 2.29. The maximum Gasteiger partial charge on any atom is 0.254 e. The number of nitrogens with one attached hydrogen (secondary N) is 2. The fraction of sp³-hybridized carbons (Fsp3) is 0.400. The number of ether oxygens (including phenoxy) is 3. The van der Waals surface area contributed by atoms with Gasteiger partial charge in [-0.3, -0.25) is 19.3 Å². The van der Waals surface area contributed by atoms with E-state index in [-0.39, 0.29) is 36.1 Å². The molecule has 2 aromatic carbocycles. The third-order valence-corrected chi connectivity index (χ3v) is 7.04. The van der Waals surface area contributed by atoms with Gasteiger partial charge in [-0.25, -0.2) is 4.98 Å². The molecule has 0 saturated carbocycles. The summed E-state index contributed by atoms with van der Waals surface area (Å²) in [6.45, 7) is 5.94. The smallest absolute Gasteiger partial charge is 0.254 e. The number of aromatic amines is 1. The van der Waals surface area contributed by atoms with Crippen LogP contribution < -0.4 is 20.3 Å². The van der Waals surface area contributed by atoms with Crippen LogP contribution in [0.1, 0.15) is 40.8 Å². The highest BCUT2D eigenvalue weighted by molar-refractivity contribution is 5.97. The summed E-state index contributed by atoms with van der Waals surface area (Å²) in [5.74, 6) is 1.50. The van der Waals surface area contributed by atoms with Crippen molar-refractivity contribution >= 4 is 11.8 Å². The van der Waals surface area contributed by atoms with Crippen LogP contribution in [0.15, 0.2) is 53.3 Å². The summed E-state index contributed by atoms with van der Waals surface area (Å²) in [5.41, 5.74) is 1.75. The fourth-order valence-electron chi connectivity index (χ4n) is 5.23. The van der Waals surface area contributed by atoms with Gasteiger partial charge in [-0.2, -0.15) is 0 Å². The van der Waals surface area contributed by atoms with E-state index in [0.717, 1.165) is 5.56 Å². The Morgan fingerprint density at radius 1 is 1.10 bits per heavy atom. The van der Waals surface area contributed by atoms with E-state index in [4.69, 9.17) is 14.2 Å². The Kier molecular flexibility index (Phi) is 8.65. The van der Waals surface area contributed by atoms with E-state index in [2.05, 4.69) is 20.2 Å². The zero-order valence-corrected chi connectivity index (χ0v) is 23.5. The van der Waals surface area contributed by atoms with Gasteiger partial charge >= 0.3 is 0 Å². The number of hydrogen-bond donors (Lipinski definition) is 2. The monoisotopic (exact) mass is 561 g/mol. The van der Waals surface area contributed by atoms with Crippen LogP contribution in [0.5, 0.6) is 17.2 Å². The Balaban J connectivity index is 1.40. The lowest BCUT2D eigenvalue weighted by atomic mass is 10.0. The molecule has 11 heteroatoms. The Morgan fingerprint density at radius 2 is 1.95 bits per heavy atom. The van der Waals surface area contributed by atoms with Crippen LogP contribution >= 0.6 is 0 Å². The Labute approximate surface area is 238 Å². The topological polar surface area (TPSA) is 126 Å². The predicted molar refractivity (Wildman–Crippen MR) is 151 cm³/mol. The second-order valence-electron chi connectivity index (χ2n) is 10.4.